The molecule has 0 aromatic heterocycles. The third-order valence-electron chi connectivity index (χ3n) is 3.57. The molecular weight excluding hydrogens is 212 g/mol. The molecule has 1 fully saturated rings. The standard InChI is InChI=1S/C14H30N2O/c1-5-15-14(4,11-17)8-9-16(10-12(2)3)13-6-7-13/h12-13,15,17H,5-11H2,1-4H3. The van der Waals surface area contributed by atoms with Crippen molar-refractivity contribution in [2.45, 2.75) is 58.5 Å². The number of rotatable bonds is 9. The van der Waals surface area contributed by atoms with E-state index in [1.165, 1.54) is 19.4 Å². The Hall–Kier alpha value is -0.120. The van der Waals surface area contributed by atoms with E-state index >= 15 is 0 Å². The van der Waals surface area contributed by atoms with Crippen LogP contribution in [0.4, 0.5) is 0 Å². The fraction of sp³-hybridized carbons (Fsp3) is 1.00. The van der Waals surface area contributed by atoms with Crippen LogP contribution in [0.3, 0.4) is 0 Å². The van der Waals surface area contributed by atoms with Gasteiger partial charge in [-0.3, -0.25) is 0 Å². The van der Waals surface area contributed by atoms with Crippen LogP contribution in [-0.2, 0) is 0 Å². The van der Waals surface area contributed by atoms with E-state index in [1.807, 2.05) is 0 Å². The summed E-state index contributed by atoms with van der Waals surface area (Å²) >= 11 is 0. The molecule has 0 aliphatic heterocycles. The molecule has 0 saturated heterocycles. The normalized spacial score (nSPS) is 19.9. The first-order chi connectivity index (χ1) is 8.00. The molecule has 0 aromatic rings. The molecule has 0 amide bonds. The number of hydrogen-bond acceptors (Lipinski definition) is 3. The van der Waals surface area contributed by atoms with Gasteiger partial charge in [-0.1, -0.05) is 20.8 Å². The minimum Gasteiger partial charge on any atom is -0.394 e. The Labute approximate surface area is 107 Å². The maximum absolute atomic E-state index is 9.48. The zero-order valence-electron chi connectivity index (χ0n) is 12.0. The third kappa shape index (κ3) is 5.36. The summed E-state index contributed by atoms with van der Waals surface area (Å²) in [6.07, 6.45) is 3.76. The highest BCUT2D eigenvalue weighted by atomic mass is 16.3. The number of aliphatic hydroxyl groups is 1. The topological polar surface area (TPSA) is 35.5 Å². The number of likely N-dealkylation sites (N-methyl/N-ethyl adjacent to an activating group) is 1. The first kappa shape index (κ1) is 14.9. The monoisotopic (exact) mass is 242 g/mol. The molecule has 1 unspecified atom stereocenters. The van der Waals surface area contributed by atoms with Crippen molar-refractivity contribution in [3.8, 4) is 0 Å². The van der Waals surface area contributed by atoms with Crippen LogP contribution in [0.25, 0.3) is 0 Å². The van der Waals surface area contributed by atoms with Crippen LogP contribution in [0, 0.1) is 5.92 Å². The molecule has 17 heavy (non-hydrogen) atoms. The van der Waals surface area contributed by atoms with Gasteiger partial charge < -0.3 is 15.3 Å². The van der Waals surface area contributed by atoms with Crippen molar-refractivity contribution < 1.29 is 5.11 Å². The smallest absolute Gasteiger partial charge is 0.0611 e. The number of nitrogens with one attached hydrogen (secondary N) is 1. The van der Waals surface area contributed by atoms with Gasteiger partial charge in [-0.25, -0.2) is 0 Å². The van der Waals surface area contributed by atoms with Crippen LogP contribution < -0.4 is 5.32 Å². The van der Waals surface area contributed by atoms with Crippen molar-refractivity contribution >= 4 is 0 Å². The van der Waals surface area contributed by atoms with E-state index in [1.54, 1.807) is 0 Å². The molecule has 1 saturated carbocycles. The Bertz CT molecular complexity index is 216. The van der Waals surface area contributed by atoms with Crippen molar-refractivity contribution in [1.82, 2.24) is 10.2 Å². The Morgan fingerprint density at radius 3 is 2.47 bits per heavy atom. The lowest BCUT2D eigenvalue weighted by atomic mass is 9.98. The molecule has 0 radical (unpaired) electrons. The zero-order valence-corrected chi connectivity index (χ0v) is 12.0. The summed E-state index contributed by atoms with van der Waals surface area (Å²) in [7, 11) is 0. The summed E-state index contributed by atoms with van der Waals surface area (Å²) in [4.78, 5) is 2.61. The highest BCUT2D eigenvalue weighted by Crippen LogP contribution is 2.28. The van der Waals surface area contributed by atoms with Gasteiger partial charge in [0.2, 0.25) is 0 Å². The van der Waals surface area contributed by atoms with Crippen molar-refractivity contribution in [3.63, 3.8) is 0 Å². The van der Waals surface area contributed by atoms with Gasteiger partial charge in [0, 0.05) is 24.7 Å². The Balaban J connectivity index is 2.38. The van der Waals surface area contributed by atoms with E-state index < -0.39 is 0 Å². The molecule has 0 spiro atoms. The summed E-state index contributed by atoms with van der Waals surface area (Å²) in [5, 5.41) is 12.9. The van der Waals surface area contributed by atoms with E-state index in [9.17, 15) is 5.11 Å². The van der Waals surface area contributed by atoms with Crippen LogP contribution in [0.1, 0.15) is 47.0 Å². The molecule has 1 atom stereocenters. The van der Waals surface area contributed by atoms with Crippen LogP contribution in [0.2, 0.25) is 0 Å². The van der Waals surface area contributed by atoms with E-state index in [0.29, 0.717) is 0 Å². The molecule has 102 valence electrons. The molecule has 3 nitrogen and oxygen atoms in total. The minimum atomic E-state index is -0.112. The van der Waals surface area contributed by atoms with Gasteiger partial charge in [0.15, 0.2) is 0 Å². The van der Waals surface area contributed by atoms with Gasteiger partial charge in [0.1, 0.15) is 0 Å². The largest absolute Gasteiger partial charge is 0.394 e. The van der Waals surface area contributed by atoms with Crippen LogP contribution >= 0.6 is 0 Å². The Morgan fingerprint density at radius 2 is 2.06 bits per heavy atom. The molecule has 0 heterocycles. The fourth-order valence-electron chi connectivity index (χ4n) is 2.37. The van der Waals surface area contributed by atoms with Crippen molar-refractivity contribution in [1.29, 1.82) is 0 Å². The average Bonchev–Trinajstić information content (AvgIpc) is 3.08. The summed E-state index contributed by atoms with van der Waals surface area (Å²) in [5.41, 5.74) is -0.112. The second kappa shape index (κ2) is 6.72. The van der Waals surface area contributed by atoms with Gasteiger partial charge in [0.25, 0.3) is 0 Å². The highest BCUT2D eigenvalue weighted by Gasteiger charge is 2.31. The van der Waals surface area contributed by atoms with Crippen molar-refractivity contribution in [2.75, 3.05) is 26.2 Å². The zero-order chi connectivity index (χ0) is 12.9. The molecule has 0 bridgehead atoms. The van der Waals surface area contributed by atoms with Crippen molar-refractivity contribution in [2.24, 2.45) is 5.92 Å². The van der Waals surface area contributed by atoms with Crippen LogP contribution in [0.5, 0.6) is 0 Å². The molecule has 1 rings (SSSR count). The summed E-state index contributed by atoms with van der Waals surface area (Å²) < 4.78 is 0. The third-order valence-corrected chi connectivity index (χ3v) is 3.57. The van der Waals surface area contributed by atoms with Crippen LogP contribution in [-0.4, -0.2) is 47.8 Å². The van der Waals surface area contributed by atoms with E-state index in [0.717, 1.165) is 31.5 Å². The first-order valence-corrected chi connectivity index (χ1v) is 7.10. The molecule has 1 aliphatic carbocycles. The van der Waals surface area contributed by atoms with Crippen molar-refractivity contribution in [3.05, 3.63) is 0 Å². The molecule has 1 aliphatic rings. The number of aliphatic hydroxyl groups excluding tert-OH is 1. The predicted octanol–water partition coefficient (Wildman–Crippen LogP) is 1.86. The lowest BCUT2D eigenvalue weighted by Gasteiger charge is -2.32. The lowest BCUT2D eigenvalue weighted by Crippen LogP contribution is -2.48. The van der Waals surface area contributed by atoms with Gasteiger partial charge in [-0.2, -0.15) is 0 Å². The van der Waals surface area contributed by atoms with Gasteiger partial charge in [0.05, 0.1) is 6.61 Å². The van der Waals surface area contributed by atoms with E-state index in [4.69, 9.17) is 0 Å². The summed E-state index contributed by atoms with van der Waals surface area (Å²) in [6.45, 7) is 12.2. The minimum absolute atomic E-state index is 0.112. The first-order valence-electron chi connectivity index (χ1n) is 7.10. The number of nitrogens with zero attached hydrogens (tertiary/aromatic N) is 1. The highest BCUT2D eigenvalue weighted by molar-refractivity contribution is 4.88. The second-order valence-electron chi connectivity index (χ2n) is 6.12. The Kier molecular flexibility index (Phi) is 5.90. The van der Waals surface area contributed by atoms with Gasteiger partial charge in [-0.05, 0) is 38.6 Å². The maximum atomic E-state index is 9.48. The second-order valence-corrected chi connectivity index (χ2v) is 6.12. The summed E-state index contributed by atoms with van der Waals surface area (Å²) in [6, 6.07) is 0.821. The van der Waals surface area contributed by atoms with Crippen LogP contribution in [0.15, 0.2) is 0 Å². The molecule has 3 heteroatoms. The fourth-order valence-corrected chi connectivity index (χ4v) is 2.37. The van der Waals surface area contributed by atoms with E-state index in [-0.39, 0.29) is 12.1 Å². The lowest BCUT2D eigenvalue weighted by molar-refractivity contribution is 0.139. The predicted molar refractivity (Wildman–Crippen MR) is 73.2 cm³/mol. The van der Waals surface area contributed by atoms with Gasteiger partial charge >= 0.3 is 0 Å². The Morgan fingerprint density at radius 1 is 1.41 bits per heavy atom. The average molecular weight is 242 g/mol. The maximum Gasteiger partial charge on any atom is 0.0611 e. The number of hydrogen-bond donors (Lipinski definition) is 2. The summed E-state index contributed by atoms with van der Waals surface area (Å²) in [5.74, 6) is 0.732. The molecule has 0 aromatic carbocycles. The SMILES string of the molecule is CCNC(C)(CO)CCN(CC(C)C)C1CC1. The van der Waals surface area contributed by atoms with Gasteiger partial charge in [-0.15, -0.1) is 0 Å². The molecule has 2 N–H and O–H groups in total. The quantitative estimate of drug-likeness (QED) is 0.648. The molecular formula is C14H30N2O. The van der Waals surface area contributed by atoms with E-state index in [2.05, 4.69) is 37.9 Å².